The molecule has 1 aliphatic rings. The van der Waals surface area contributed by atoms with E-state index >= 15 is 0 Å². The molecule has 3 nitrogen and oxygen atoms in total. The molecule has 1 N–H and O–H groups in total. The zero-order chi connectivity index (χ0) is 12.7. The number of methoxy groups -OCH3 is 1. The summed E-state index contributed by atoms with van der Waals surface area (Å²) < 4.78 is 11.1. The Morgan fingerprint density at radius 1 is 1.35 bits per heavy atom. The Balaban J connectivity index is 2.35. The van der Waals surface area contributed by atoms with E-state index < -0.39 is 0 Å². The first kappa shape index (κ1) is 14.9. The van der Waals surface area contributed by atoms with Gasteiger partial charge in [-0.2, -0.15) is 0 Å². The van der Waals surface area contributed by atoms with E-state index in [0.717, 1.165) is 32.1 Å². The highest BCUT2D eigenvalue weighted by atomic mass is 16.5. The maximum Gasteiger partial charge on any atom is 0.106 e. The number of nitrogens with one attached hydrogen (secondary N) is 1. The van der Waals surface area contributed by atoms with Crippen LogP contribution in [0.5, 0.6) is 0 Å². The SMILES string of the molecule is CCC(C)CC(CC)NCC1(OC)CCOC1. The lowest BCUT2D eigenvalue weighted by atomic mass is 9.96. The van der Waals surface area contributed by atoms with Crippen molar-refractivity contribution in [2.45, 2.75) is 58.1 Å². The van der Waals surface area contributed by atoms with Gasteiger partial charge in [-0.25, -0.2) is 0 Å². The second-order valence-electron chi connectivity index (χ2n) is 5.42. The van der Waals surface area contributed by atoms with E-state index in [1.807, 2.05) is 0 Å². The quantitative estimate of drug-likeness (QED) is 0.711. The predicted octanol–water partition coefficient (Wildman–Crippen LogP) is 2.60. The van der Waals surface area contributed by atoms with Crippen molar-refractivity contribution in [3.05, 3.63) is 0 Å². The molecular weight excluding hydrogens is 214 g/mol. The van der Waals surface area contributed by atoms with Crippen LogP contribution in [0.15, 0.2) is 0 Å². The third-order valence-corrected chi connectivity index (χ3v) is 4.09. The Morgan fingerprint density at radius 3 is 2.59 bits per heavy atom. The summed E-state index contributed by atoms with van der Waals surface area (Å²) in [5.41, 5.74) is -0.0805. The van der Waals surface area contributed by atoms with Crippen molar-refractivity contribution in [3.63, 3.8) is 0 Å². The fraction of sp³-hybridized carbons (Fsp3) is 1.00. The molecule has 3 unspecified atom stereocenters. The summed E-state index contributed by atoms with van der Waals surface area (Å²) in [4.78, 5) is 0. The minimum atomic E-state index is -0.0805. The highest BCUT2D eigenvalue weighted by Crippen LogP contribution is 2.22. The Bertz CT molecular complexity index is 202. The molecule has 1 saturated heterocycles. The van der Waals surface area contributed by atoms with Crippen molar-refractivity contribution in [2.75, 3.05) is 26.9 Å². The minimum absolute atomic E-state index is 0.0805. The van der Waals surface area contributed by atoms with Gasteiger partial charge in [-0.1, -0.05) is 27.2 Å². The predicted molar refractivity (Wildman–Crippen MR) is 71.3 cm³/mol. The molecule has 1 heterocycles. The van der Waals surface area contributed by atoms with Gasteiger partial charge in [0.25, 0.3) is 0 Å². The largest absolute Gasteiger partial charge is 0.378 e. The molecule has 1 rings (SSSR count). The van der Waals surface area contributed by atoms with E-state index in [9.17, 15) is 0 Å². The first-order chi connectivity index (χ1) is 8.15. The van der Waals surface area contributed by atoms with Gasteiger partial charge in [-0.05, 0) is 18.8 Å². The molecule has 1 fully saturated rings. The van der Waals surface area contributed by atoms with Gasteiger partial charge in [0.05, 0.1) is 6.61 Å². The molecule has 17 heavy (non-hydrogen) atoms. The van der Waals surface area contributed by atoms with Gasteiger partial charge < -0.3 is 14.8 Å². The number of hydrogen-bond acceptors (Lipinski definition) is 3. The topological polar surface area (TPSA) is 30.5 Å². The summed E-state index contributed by atoms with van der Waals surface area (Å²) in [5, 5.41) is 3.66. The Hall–Kier alpha value is -0.120. The van der Waals surface area contributed by atoms with Crippen molar-refractivity contribution in [2.24, 2.45) is 5.92 Å². The zero-order valence-electron chi connectivity index (χ0n) is 11.9. The average Bonchev–Trinajstić information content (AvgIpc) is 2.83. The van der Waals surface area contributed by atoms with Crippen LogP contribution >= 0.6 is 0 Å². The molecule has 0 radical (unpaired) electrons. The second-order valence-corrected chi connectivity index (χ2v) is 5.42. The fourth-order valence-corrected chi connectivity index (χ4v) is 2.34. The fourth-order valence-electron chi connectivity index (χ4n) is 2.34. The van der Waals surface area contributed by atoms with Gasteiger partial charge >= 0.3 is 0 Å². The molecule has 0 aliphatic carbocycles. The van der Waals surface area contributed by atoms with E-state index in [1.165, 1.54) is 19.3 Å². The van der Waals surface area contributed by atoms with Crippen LogP contribution in [0, 0.1) is 5.92 Å². The maximum atomic E-state index is 5.64. The lowest BCUT2D eigenvalue weighted by Gasteiger charge is -2.29. The Kier molecular flexibility index (Phi) is 6.45. The maximum absolute atomic E-state index is 5.64. The average molecular weight is 243 g/mol. The number of ether oxygens (including phenoxy) is 2. The van der Waals surface area contributed by atoms with E-state index in [2.05, 4.69) is 26.1 Å². The first-order valence-corrected chi connectivity index (χ1v) is 7.02. The van der Waals surface area contributed by atoms with E-state index in [-0.39, 0.29) is 5.60 Å². The second kappa shape index (κ2) is 7.34. The molecule has 0 aromatic carbocycles. The third kappa shape index (κ3) is 4.57. The van der Waals surface area contributed by atoms with Crippen molar-refractivity contribution in [1.29, 1.82) is 0 Å². The summed E-state index contributed by atoms with van der Waals surface area (Å²) >= 11 is 0. The van der Waals surface area contributed by atoms with Gasteiger partial charge in [-0.15, -0.1) is 0 Å². The first-order valence-electron chi connectivity index (χ1n) is 7.02. The van der Waals surface area contributed by atoms with Gasteiger partial charge in [0.2, 0.25) is 0 Å². The van der Waals surface area contributed by atoms with Gasteiger partial charge in [0.15, 0.2) is 0 Å². The minimum Gasteiger partial charge on any atom is -0.378 e. The lowest BCUT2D eigenvalue weighted by molar-refractivity contribution is -0.0179. The Labute approximate surface area is 106 Å². The van der Waals surface area contributed by atoms with E-state index in [0.29, 0.717) is 6.04 Å². The normalized spacial score (nSPS) is 28.2. The van der Waals surface area contributed by atoms with Crippen LogP contribution in [0.25, 0.3) is 0 Å². The van der Waals surface area contributed by atoms with Crippen molar-refractivity contribution in [3.8, 4) is 0 Å². The highest BCUT2D eigenvalue weighted by molar-refractivity contribution is 4.88. The molecule has 0 saturated carbocycles. The van der Waals surface area contributed by atoms with Crippen LogP contribution in [0.2, 0.25) is 0 Å². The van der Waals surface area contributed by atoms with Crippen molar-refractivity contribution >= 4 is 0 Å². The van der Waals surface area contributed by atoms with E-state index in [4.69, 9.17) is 9.47 Å². The number of rotatable bonds is 8. The summed E-state index contributed by atoms with van der Waals surface area (Å²) in [6.45, 7) is 9.32. The Morgan fingerprint density at radius 2 is 2.12 bits per heavy atom. The molecule has 3 atom stereocenters. The van der Waals surface area contributed by atoms with Crippen LogP contribution in [-0.2, 0) is 9.47 Å². The molecule has 1 aliphatic heterocycles. The number of hydrogen-bond donors (Lipinski definition) is 1. The molecule has 0 bridgehead atoms. The molecule has 102 valence electrons. The van der Waals surface area contributed by atoms with Gasteiger partial charge in [0.1, 0.15) is 5.60 Å². The molecule has 0 aromatic heterocycles. The summed E-state index contributed by atoms with van der Waals surface area (Å²) in [7, 11) is 1.80. The molecule has 3 heteroatoms. The van der Waals surface area contributed by atoms with Gasteiger partial charge in [-0.3, -0.25) is 0 Å². The van der Waals surface area contributed by atoms with Crippen LogP contribution in [0.3, 0.4) is 0 Å². The summed E-state index contributed by atoms with van der Waals surface area (Å²) in [5.74, 6) is 0.797. The molecular formula is C14H29NO2. The standard InChI is InChI=1S/C14H29NO2/c1-5-12(3)9-13(6-2)15-10-14(16-4)7-8-17-11-14/h12-13,15H,5-11H2,1-4H3. The van der Waals surface area contributed by atoms with Crippen molar-refractivity contribution < 1.29 is 9.47 Å². The summed E-state index contributed by atoms with van der Waals surface area (Å²) in [6.07, 6.45) is 4.71. The van der Waals surface area contributed by atoms with Crippen LogP contribution in [0.1, 0.15) is 46.5 Å². The highest BCUT2D eigenvalue weighted by Gasteiger charge is 2.35. The van der Waals surface area contributed by atoms with Crippen LogP contribution in [0.4, 0.5) is 0 Å². The smallest absolute Gasteiger partial charge is 0.106 e. The molecule has 0 amide bonds. The lowest BCUT2D eigenvalue weighted by Crippen LogP contribution is -2.46. The zero-order valence-corrected chi connectivity index (χ0v) is 11.9. The molecule has 0 aromatic rings. The summed E-state index contributed by atoms with van der Waals surface area (Å²) in [6, 6.07) is 0.609. The third-order valence-electron chi connectivity index (χ3n) is 4.09. The molecule has 0 spiro atoms. The van der Waals surface area contributed by atoms with Crippen LogP contribution < -0.4 is 5.32 Å². The monoisotopic (exact) mass is 243 g/mol. The van der Waals surface area contributed by atoms with E-state index in [1.54, 1.807) is 7.11 Å². The van der Waals surface area contributed by atoms with Gasteiger partial charge in [0, 0.05) is 32.7 Å². The van der Waals surface area contributed by atoms with Crippen LogP contribution in [-0.4, -0.2) is 38.5 Å². The van der Waals surface area contributed by atoms with Crippen molar-refractivity contribution in [1.82, 2.24) is 5.32 Å².